The molecule has 0 radical (unpaired) electrons. The minimum absolute atomic E-state index is 0.0411. The molecule has 0 saturated carbocycles. The van der Waals surface area contributed by atoms with Crippen molar-refractivity contribution in [3.8, 4) is 5.75 Å². The van der Waals surface area contributed by atoms with E-state index in [-0.39, 0.29) is 15.2 Å². The molecular formula is C17H12Cl2N2O3S. The van der Waals surface area contributed by atoms with E-state index >= 15 is 0 Å². The summed E-state index contributed by atoms with van der Waals surface area (Å²) in [5, 5.41) is 0.733. The first-order chi connectivity index (χ1) is 11.9. The van der Waals surface area contributed by atoms with Crippen LogP contribution in [0.5, 0.6) is 5.75 Å². The first-order valence-electron chi connectivity index (χ1n) is 7.34. The van der Waals surface area contributed by atoms with Crippen molar-refractivity contribution in [3.63, 3.8) is 0 Å². The van der Waals surface area contributed by atoms with Gasteiger partial charge < -0.3 is 9.72 Å². The molecule has 0 bridgehead atoms. The fourth-order valence-corrected chi connectivity index (χ4v) is 3.23. The van der Waals surface area contributed by atoms with E-state index in [4.69, 9.17) is 40.2 Å². The largest absolute Gasteiger partial charge is 0.494 e. The molecular weight excluding hydrogens is 383 g/mol. The predicted octanol–water partition coefficient (Wildman–Crippen LogP) is 4.45. The monoisotopic (exact) mass is 394 g/mol. The molecule has 0 amide bonds. The van der Waals surface area contributed by atoms with Crippen LogP contribution in [0.1, 0.15) is 17.3 Å². The van der Waals surface area contributed by atoms with Crippen molar-refractivity contribution >= 4 is 52.2 Å². The fourth-order valence-electron chi connectivity index (χ4n) is 2.42. The lowest BCUT2D eigenvalue weighted by Crippen LogP contribution is -2.29. The summed E-state index contributed by atoms with van der Waals surface area (Å²) in [6.07, 6.45) is 0. The molecule has 0 aliphatic rings. The number of hydrogen-bond donors (Lipinski definition) is 1. The molecule has 1 heterocycles. The van der Waals surface area contributed by atoms with E-state index in [2.05, 4.69) is 4.98 Å². The molecule has 25 heavy (non-hydrogen) atoms. The van der Waals surface area contributed by atoms with Crippen LogP contribution in [-0.4, -0.2) is 22.1 Å². The van der Waals surface area contributed by atoms with Crippen molar-refractivity contribution < 1.29 is 9.53 Å². The van der Waals surface area contributed by atoms with Gasteiger partial charge in [0.1, 0.15) is 5.75 Å². The van der Waals surface area contributed by atoms with Gasteiger partial charge in [0.15, 0.2) is 4.77 Å². The van der Waals surface area contributed by atoms with Crippen molar-refractivity contribution in [1.29, 1.82) is 0 Å². The second-order valence-corrected chi connectivity index (χ2v) is 6.37. The number of aromatic nitrogens is 2. The number of hydrogen-bond acceptors (Lipinski definition) is 4. The van der Waals surface area contributed by atoms with E-state index in [9.17, 15) is 9.59 Å². The molecule has 0 atom stereocenters. The van der Waals surface area contributed by atoms with Gasteiger partial charge in [-0.3, -0.25) is 9.59 Å². The quantitative estimate of drug-likeness (QED) is 0.666. The van der Waals surface area contributed by atoms with Crippen molar-refractivity contribution in [1.82, 2.24) is 9.55 Å². The van der Waals surface area contributed by atoms with Gasteiger partial charge in [-0.2, -0.15) is 0 Å². The summed E-state index contributed by atoms with van der Waals surface area (Å²) in [5.74, 6) is 0.0842. The van der Waals surface area contributed by atoms with Gasteiger partial charge in [-0.25, -0.2) is 4.57 Å². The lowest BCUT2D eigenvalue weighted by molar-refractivity contribution is 0.0953. The molecule has 0 spiro atoms. The third-order valence-electron chi connectivity index (χ3n) is 3.54. The standard InChI is InChI=1S/C17H12Cl2N2O3S/c1-2-24-11-5-3-9(4-6-11)15(22)21-16(23)12-7-10(18)8-13(19)14(12)20-17(21)25/h3-8H,2H2,1H3,(H,20,25). The van der Waals surface area contributed by atoms with Gasteiger partial charge in [-0.05, 0) is 55.5 Å². The Morgan fingerprint density at radius 2 is 1.92 bits per heavy atom. The van der Waals surface area contributed by atoms with Crippen molar-refractivity contribution in [2.45, 2.75) is 6.92 Å². The Morgan fingerprint density at radius 1 is 1.24 bits per heavy atom. The minimum Gasteiger partial charge on any atom is -0.494 e. The molecule has 0 unspecified atom stereocenters. The molecule has 0 fully saturated rings. The van der Waals surface area contributed by atoms with Crippen molar-refractivity contribution in [3.05, 3.63) is 67.1 Å². The second kappa shape index (κ2) is 7.00. The number of rotatable bonds is 3. The van der Waals surface area contributed by atoms with Crippen molar-refractivity contribution in [2.24, 2.45) is 0 Å². The third-order valence-corrected chi connectivity index (χ3v) is 4.34. The van der Waals surface area contributed by atoms with Crippen LogP contribution in [0.3, 0.4) is 0 Å². The summed E-state index contributed by atoms with van der Waals surface area (Å²) in [5.41, 5.74) is 0.0661. The first-order valence-corrected chi connectivity index (χ1v) is 8.50. The SMILES string of the molecule is CCOc1ccc(C(=O)n2c(=S)[nH]c3c(Cl)cc(Cl)cc3c2=O)cc1. The van der Waals surface area contributed by atoms with Gasteiger partial charge in [0, 0.05) is 10.6 Å². The number of fused-ring (bicyclic) bond motifs is 1. The maximum absolute atomic E-state index is 12.8. The Hall–Kier alpha value is -2.15. The normalized spacial score (nSPS) is 10.8. The van der Waals surface area contributed by atoms with Gasteiger partial charge in [0.25, 0.3) is 11.5 Å². The highest BCUT2D eigenvalue weighted by molar-refractivity contribution is 7.71. The summed E-state index contributed by atoms with van der Waals surface area (Å²) in [7, 11) is 0. The first kappa shape index (κ1) is 17.7. The Labute approximate surface area is 157 Å². The van der Waals surface area contributed by atoms with E-state index in [0.717, 1.165) is 4.57 Å². The van der Waals surface area contributed by atoms with Crippen LogP contribution in [-0.2, 0) is 0 Å². The van der Waals surface area contributed by atoms with Gasteiger partial charge in [0.05, 0.1) is 22.5 Å². The van der Waals surface area contributed by atoms with Crippen LogP contribution in [0, 0.1) is 4.77 Å². The zero-order chi connectivity index (χ0) is 18.1. The smallest absolute Gasteiger partial charge is 0.269 e. The lowest BCUT2D eigenvalue weighted by Gasteiger charge is -2.09. The highest BCUT2D eigenvalue weighted by atomic mass is 35.5. The number of benzene rings is 2. The van der Waals surface area contributed by atoms with Gasteiger partial charge in [-0.1, -0.05) is 23.2 Å². The zero-order valence-corrected chi connectivity index (χ0v) is 15.3. The number of carbonyl (C=O) groups is 1. The number of halogens is 2. The summed E-state index contributed by atoms with van der Waals surface area (Å²) >= 11 is 17.2. The van der Waals surface area contributed by atoms with Crippen molar-refractivity contribution in [2.75, 3.05) is 6.61 Å². The van der Waals surface area contributed by atoms with E-state index in [1.165, 1.54) is 12.1 Å². The summed E-state index contributed by atoms with van der Waals surface area (Å²) < 4.78 is 6.19. The molecule has 0 saturated heterocycles. The van der Waals surface area contributed by atoms with Crippen LogP contribution in [0.25, 0.3) is 10.9 Å². The number of ether oxygens (including phenoxy) is 1. The Bertz CT molecular complexity index is 1090. The van der Waals surface area contributed by atoms with E-state index in [1.54, 1.807) is 24.3 Å². The van der Waals surface area contributed by atoms with Gasteiger partial charge in [-0.15, -0.1) is 0 Å². The summed E-state index contributed by atoms with van der Waals surface area (Å²) in [4.78, 5) is 28.3. The maximum Gasteiger partial charge on any atom is 0.269 e. The Balaban J connectivity index is 2.16. The second-order valence-electron chi connectivity index (χ2n) is 5.14. The van der Waals surface area contributed by atoms with E-state index in [0.29, 0.717) is 28.5 Å². The fraction of sp³-hybridized carbons (Fsp3) is 0.118. The molecule has 3 rings (SSSR count). The molecule has 0 aliphatic heterocycles. The number of H-pyrrole nitrogens is 1. The van der Waals surface area contributed by atoms with E-state index < -0.39 is 11.5 Å². The highest BCUT2D eigenvalue weighted by Gasteiger charge is 2.16. The predicted molar refractivity (Wildman–Crippen MR) is 101 cm³/mol. The topological polar surface area (TPSA) is 64.1 Å². The van der Waals surface area contributed by atoms with Crippen LogP contribution in [0.2, 0.25) is 10.0 Å². The molecule has 8 heteroatoms. The molecule has 0 aliphatic carbocycles. The average molecular weight is 395 g/mol. The molecule has 2 aromatic carbocycles. The number of aromatic amines is 1. The van der Waals surface area contributed by atoms with Gasteiger partial charge in [0.2, 0.25) is 0 Å². The van der Waals surface area contributed by atoms with Gasteiger partial charge >= 0.3 is 0 Å². The Morgan fingerprint density at radius 3 is 2.56 bits per heavy atom. The average Bonchev–Trinajstić information content (AvgIpc) is 2.57. The number of nitrogens with one attached hydrogen (secondary N) is 1. The number of nitrogens with zero attached hydrogens (tertiary/aromatic N) is 1. The van der Waals surface area contributed by atoms with Crippen LogP contribution in [0.15, 0.2) is 41.2 Å². The Kier molecular flexibility index (Phi) is 4.94. The van der Waals surface area contributed by atoms with Crippen LogP contribution >= 0.6 is 35.4 Å². The molecule has 5 nitrogen and oxygen atoms in total. The number of carbonyl (C=O) groups excluding carboxylic acids is 1. The lowest BCUT2D eigenvalue weighted by atomic mass is 10.2. The molecule has 1 aromatic heterocycles. The molecule has 128 valence electrons. The zero-order valence-electron chi connectivity index (χ0n) is 13.0. The third kappa shape index (κ3) is 3.33. The van der Waals surface area contributed by atoms with Crippen LogP contribution in [0.4, 0.5) is 0 Å². The molecule has 3 aromatic rings. The highest BCUT2D eigenvalue weighted by Crippen LogP contribution is 2.24. The summed E-state index contributed by atoms with van der Waals surface area (Å²) in [6.45, 7) is 2.38. The molecule has 1 N–H and O–H groups in total. The minimum atomic E-state index is -0.581. The van der Waals surface area contributed by atoms with Crippen LogP contribution < -0.4 is 10.3 Å². The summed E-state index contributed by atoms with van der Waals surface area (Å²) in [6, 6.07) is 9.40. The van der Waals surface area contributed by atoms with E-state index in [1.807, 2.05) is 6.92 Å². The maximum atomic E-state index is 12.8.